The lowest BCUT2D eigenvalue weighted by Crippen LogP contribution is -2.09. The van der Waals surface area contributed by atoms with Gasteiger partial charge in [0, 0.05) is 13.1 Å². The summed E-state index contributed by atoms with van der Waals surface area (Å²) in [7, 11) is 3.11. The zero-order valence-electron chi connectivity index (χ0n) is 11.5. The van der Waals surface area contributed by atoms with Gasteiger partial charge in [-0.1, -0.05) is 0 Å². The summed E-state index contributed by atoms with van der Waals surface area (Å²) in [5, 5.41) is 21.8. The summed E-state index contributed by atoms with van der Waals surface area (Å²) >= 11 is 0. The highest BCUT2D eigenvalue weighted by molar-refractivity contribution is 5.88. The standard InChI is InChI=1S/C14H13N3O4/c1-17-11(10(7-16-17)14(18)19)8-21-12-4-3-9(6-15)5-13(12)20-2/h3-5,7H,8H2,1-2H3,(H,18,19). The second kappa shape index (κ2) is 5.96. The number of hydrogen-bond donors (Lipinski definition) is 1. The molecule has 0 radical (unpaired) electrons. The predicted molar refractivity (Wildman–Crippen MR) is 72.2 cm³/mol. The Hall–Kier alpha value is -3.01. The number of ether oxygens (including phenoxy) is 2. The summed E-state index contributed by atoms with van der Waals surface area (Å²) in [5.41, 5.74) is 0.977. The number of benzene rings is 1. The lowest BCUT2D eigenvalue weighted by atomic mass is 10.2. The smallest absolute Gasteiger partial charge is 0.339 e. The lowest BCUT2D eigenvalue weighted by Gasteiger charge is -2.11. The van der Waals surface area contributed by atoms with Crippen LogP contribution < -0.4 is 9.47 Å². The van der Waals surface area contributed by atoms with Gasteiger partial charge in [-0.25, -0.2) is 4.79 Å². The number of aromatic carboxylic acids is 1. The molecular weight excluding hydrogens is 274 g/mol. The molecule has 0 fully saturated rings. The van der Waals surface area contributed by atoms with E-state index >= 15 is 0 Å². The fourth-order valence-electron chi connectivity index (χ4n) is 1.82. The predicted octanol–water partition coefficient (Wildman–Crippen LogP) is 1.58. The summed E-state index contributed by atoms with van der Waals surface area (Å²) in [6, 6.07) is 6.76. The molecule has 0 unspecified atom stereocenters. The maximum atomic E-state index is 11.1. The lowest BCUT2D eigenvalue weighted by molar-refractivity contribution is 0.0693. The minimum Gasteiger partial charge on any atom is -0.493 e. The van der Waals surface area contributed by atoms with Crippen molar-refractivity contribution in [2.24, 2.45) is 7.05 Å². The van der Waals surface area contributed by atoms with Gasteiger partial charge in [0.15, 0.2) is 11.5 Å². The molecule has 7 nitrogen and oxygen atoms in total. The normalized spacial score (nSPS) is 9.95. The third kappa shape index (κ3) is 2.95. The van der Waals surface area contributed by atoms with Gasteiger partial charge in [0.25, 0.3) is 0 Å². The molecule has 2 aromatic rings. The van der Waals surface area contributed by atoms with Crippen molar-refractivity contribution >= 4 is 5.97 Å². The number of carbonyl (C=O) groups is 1. The molecule has 0 saturated carbocycles. The van der Waals surface area contributed by atoms with E-state index in [0.29, 0.717) is 22.8 Å². The monoisotopic (exact) mass is 287 g/mol. The SMILES string of the molecule is COc1cc(C#N)ccc1OCc1c(C(=O)O)cnn1C. The minimum atomic E-state index is -1.06. The number of aryl methyl sites for hydroxylation is 1. The van der Waals surface area contributed by atoms with Crippen LogP contribution in [0, 0.1) is 11.3 Å². The van der Waals surface area contributed by atoms with Gasteiger partial charge in [0.05, 0.1) is 30.6 Å². The quantitative estimate of drug-likeness (QED) is 0.896. The van der Waals surface area contributed by atoms with E-state index in [1.165, 1.54) is 18.0 Å². The molecule has 0 aliphatic rings. The zero-order valence-corrected chi connectivity index (χ0v) is 11.5. The minimum absolute atomic E-state index is 0.0282. The highest BCUT2D eigenvalue weighted by atomic mass is 16.5. The Labute approximate surface area is 120 Å². The molecule has 0 atom stereocenters. The molecule has 0 aliphatic heterocycles. The van der Waals surface area contributed by atoms with Crippen LogP contribution in [0.25, 0.3) is 0 Å². The van der Waals surface area contributed by atoms with Crippen molar-refractivity contribution in [1.29, 1.82) is 5.26 Å². The number of nitriles is 1. The van der Waals surface area contributed by atoms with Gasteiger partial charge in [-0.05, 0) is 12.1 Å². The molecule has 0 spiro atoms. The largest absolute Gasteiger partial charge is 0.493 e. The Kier molecular flexibility index (Phi) is 4.09. The van der Waals surface area contributed by atoms with E-state index in [1.807, 2.05) is 6.07 Å². The highest BCUT2D eigenvalue weighted by Gasteiger charge is 2.16. The first-order valence-electron chi connectivity index (χ1n) is 6.02. The molecule has 0 amide bonds. The van der Waals surface area contributed by atoms with Crippen LogP contribution in [0.1, 0.15) is 21.6 Å². The average Bonchev–Trinajstić information content (AvgIpc) is 2.86. The first-order chi connectivity index (χ1) is 10.1. The van der Waals surface area contributed by atoms with Gasteiger partial charge < -0.3 is 14.6 Å². The molecule has 1 aromatic heterocycles. The van der Waals surface area contributed by atoms with Crippen LogP contribution in [-0.2, 0) is 13.7 Å². The first-order valence-corrected chi connectivity index (χ1v) is 6.02. The van der Waals surface area contributed by atoms with E-state index < -0.39 is 5.97 Å². The van der Waals surface area contributed by atoms with Crippen molar-refractivity contribution < 1.29 is 19.4 Å². The van der Waals surface area contributed by atoms with Crippen molar-refractivity contribution in [2.75, 3.05) is 7.11 Å². The van der Waals surface area contributed by atoms with Crippen LogP contribution in [0.3, 0.4) is 0 Å². The first kappa shape index (κ1) is 14.4. The maximum absolute atomic E-state index is 11.1. The van der Waals surface area contributed by atoms with E-state index in [9.17, 15) is 4.79 Å². The number of methoxy groups -OCH3 is 1. The van der Waals surface area contributed by atoms with Crippen LogP contribution in [-0.4, -0.2) is 28.0 Å². The number of nitrogens with zero attached hydrogens (tertiary/aromatic N) is 3. The second-order valence-corrected chi connectivity index (χ2v) is 4.20. The van der Waals surface area contributed by atoms with E-state index in [1.54, 1.807) is 25.2 Å². The van der Waals surface area contributed by atoms with Crippen LogP contribution in [0.15, 0.2) is 24.4 Å². The third-order valence-electron chi connectivity index (χ3n) is 2.95. The Bertz CT molecular complexity index is 715. The number of hydrogen-bond acceptors (Lipinski definition) is 5. The molecule has 2 rings (SSSR count). The molecule has 7 heteroatoms. The van der Waals surface area contributed by atoms with Crippen molar-refractivity contribution in [3.63, 3.8) is 0 Å². The molecule has 1 N–H and O–H groups in total. The van der Waals surface area contributed by atoms with Gasteiger partial charge in [0.1, 0.15) is 12.2 Å². The van der Waals surface area contributed by atoms with Gasteiger partial charge in [-0.2, -0.15) is 10.4 Å². The van der Waals surface area contributed by atoms with Gasteiger partial charge >= 0.3 is 5.97 Å². The summed E-state index contributed by atoms with van der Waals surface area (Å²) in [5.74, 6) is -0.226. The van der Waals surface area contributed by atoms with Crippen molar-refractivity contribution in [3.8, 4) is 17.6 Å². The Balaban J connectivity index is 2.23. The molecule has 0 saturated heterocycles. The van der Waals surface area contributed by atoms with E-state index in [4.69, 9.17) is 19.8 Å². The number of carboxylic acids is 1. The van der Waals surface area contributed by atoms with E-state index in [2.05, 4.69) is 5.10 Å². The summed E-state index contributed by atoms with van der Waals surface area (Å²) in [6.45, 7) is 0.0282. The molecule has 1 heterocycles. The molecule has 21 heavy (non-hydrogen) atoms. The van der Waals surface area contributed by atoms with E-state index in [-0.39, 0.29) is 12.2 Å². The molecule has 108 valence electrons. The second-order valence-electron chi connectivity index (χ2n) is 4.20. The van der Waals surface area contributed by atoms with Crippen molar-refractivity contribution in [2.45, 2.75) is 6.61 Å². The Morgan fingerprint density at radius 1 is 1.48 bits per heavy atom. The summed E-state index contributed by atoms with van der Waals surface area (Å²) in [4.78, 5) is 11.1. The zero-order chi connectivity index (χ0) is 15.4. The average molecular weight is 287 g/mol. The number of carboxylic acid groups (broad SMARTS) is 1. The van der Waals surface area contributed by atoms with E-state index in [0.717, 1.165) is 0 Å². The fourth-order valence-corrected chi connectivity index (χ4v) is 1.82. The Morgan fingerprint density at radius 3 is 2.86 bits per heavy atom. The van der Waals surface area contributed by atoms with Crippen molar-refractivity contribution in [1.82, 2.24) is 9.78 Å². The van der Waals surface area contributed by atoms with Gasteiger partial charge in [-0.15, -0.1) is 0 Å². The molecular formula is C14H13N3O4. The summed E-state index contributed by atoms with van der Waals surface area (Å²) < 4.78 is 12.2. The summed E-state index contributed by atoms with van der Waals surface area (Å²) in [6.07, 6.45) is 1.27. The molecule has 1 aromatic carbocycles. The number of rotatable bonds is 5. The van der Waals surface area contributed by atoms with Crippen LogP contribution in [0.4, 0.5) is 0 Å². The Morgan fingerprint density at radius 2 is 2.24 bits per heavy atom. The fraction of sp³-hybridized carbons (Fsp3) is 0.214. The topological polar surface area (TPSA) is 97.4 Å². The van der Waals surface area contributed by atoms with Crippen LogP contribution >= 0.6 is 0 Å². The maximum Gasteiger partial charge on any atom is 0.339 e. The molecule has 0 bridgehead atoms. The number of aromatic nitrogens is 2. The van der Waals surface area contributed by atoms with Crippen LogP contribution in [0.5, 0.6) is 11.5 Å². The third-order valence-corrected chi connectivity index (χ3v) is 2.95. The highest BCUT2D eigenvalue weighted by Crippen LogP contribution is 2.28. The van der Waals surface area contributed by atoms with Gasteiger partial charge in [-0.3, -0.25) is 4.68 Å². The molecule has 0 aliphatic carbocycles. The van der Waals surface area contributed by atoms with Crippen molar-refractivity contribution in [3.05, 3.63) is 41.2 Å². The van der Waals surface area contributed by atoms with Gasteiger partial charge in [0.2, 0.25) is 0 Å². The van der Waals surface area contributed by atoms with Crippen LogP contribution in [0.2, 0.25) is 0 Å².